The summed E-state index contributed by atoms with van der Waals surface area (Å²) >= 11 is 2.15. The molecule has 0 N–H and O–H groups in total. The Balaban J connectivity index is 2.10. The number of alkyl halides is 3. The zero-order valence-corrected chi connectivity index (χ0v) is 15.3. The average Bonchev–Trinajstić information content (AvgIpc) is 2.70. The van der Waals surface area contributed by atoms with Gasteiger partial charge in [-0.1, -0.05) is 0 Å². The van der Waals surface area contributed by atoms with Gasteiger partial charge in [0, 0.05) is 24.5 Å². The van der Waals surface area contributed by atoms with Gasteiger partial charge in [-0.15, -0.1) is 0 Å². The van der Waals surface area contributed by atoms with Gasteiger partial charge in [0.1, 0.15) is 9.45 Å². The average molecular weight is 452 g/mol. The zero-order valence-electron chi connectivity index (χ0n) is 13.2. The molecule has 0 aliphatic carbocycles. The third-order valence-corrected chi connectivity index (χ3v) is 4.88. The zero-order chi connectivity index (χ0) is 17.5. The molecule has 0 saturated carbocycles. The molecule has 2 aromatic rings. The molecule has 8 heteroatoms. The van der Waals surface area contributed by atoms with Gasteiger partial charge in [0.2, 0.25) is 0 Å². The first kappa shape index (κ1) is 17.5. The second-order valence-corrected chi connectivity index (χ2v) is 6.67. The van der Waals surface area contributed by atoms with Gasteiger partial charge in [-0.05, 0) is 41.6 Å². The number of fused-ring (bicyclic) bond motifs is 1. The van der Waals surface area contributed by atoms with E-state index < -0.39 is 11.7 Å². The third kappa shape index (κ3) is 3.26. The van der Waals surface area contributed by atoms with E-state index in [1.54, 1.807) is 4.68 Å². The number of methoxy groups -OCH3 is 1. The molecular formula is C16H16F3IN2O2. The fraction of sp³-hybridized carbons (Fsp3) is 0.438. The van der Waals surface area contributed by atoms with E-state index in [4.69, 9.17) is 9.47 Å². The van der Waals surface area contributed by atoms with Crippen LogP contribution in [0, 0.1) is 3.70 Å². The van der Waals surface area contributed by atoms with Gasteiger partial charge in [0.25, 0.3) is 0 Å². The highest BCUT2D eigenvalue weighted by molar-refractivity contribution is 14.1. The topological polar surface area (TPSA) is 36.3 Å². The third-order valence-electron chi connectivity index (χ3n) is 4.01. The first-order chi connectivity index (χ1) is 11.3. The van der Waals surface area contributed by atoms with Crippen molar-refractivity contribution in [2.24, 2.45) is 0 Å². The van der Waals surface area contributed by atoms with E-state index in [1.165, 1.54) is 19.2 Å². The lowest BCUT2D eigenvalue weighted by atomic mass is 10.1. The maximum Gasteiger partial charge on any atom is 0.419 e. The van der Waals surface area contributed by atoms with Gasteiger partial charge >= 0.3 is 6.18 Å². The van der Waals surface area contributed by atoms with Crippen molar-refractivity contribution in [1.29, 1.82) is 0 Å². The lowest BCUT2D eigenvalue weighted by Gasteiger charge is -2.15. The molecule has 0 saturated heterocycles. The Hall–Kier alpha value is -1.29. The van der Waals surface area contributed by atoms with E-state index in [0.29, 0.717) is 18.7 Å². The molecule has 1 aliphatic rings. The molecule has 2 heterocycles. The van der Waals surface area contributed by atoms with Crippen molar-refractivity contribution in [3.8, 4) is 11.4 Å². The molecule has 1 aliphatic heterocycles. The molecule has 24 heavy (non-hydrogen) atoms. The van der Waals surface area contributed by atoms with Crippen molar-refractivity contribution < 1.29 is 22.6 Å². The fourth-order valence-corrected chi connectivity index (χ4v) is 3.66. The van der Waals surface area contributed by atoms with Crippen LogP contribution >= 0.6 is 22.6 Å². The van der Waals surface area contributed by atoms with Gasteiger partial charge in [-0.3, -0.25) is 0 Å². The molecule has 1 aromatic heterocycles. The van der Waals surface area contributed by atoms with Gasteiger partial charge in [0.15, 0.2) is 0 Å². The largest absolute Gasteiger partial charge is 0.496 e. The number of hydrogen-bond donors (Lipinski definition) is 0. The van der Waals surface area contributed by atoms with E-state index in [9.17, 15) is 13.2 Å². The van der Waals surface area contributed by atoms with Crippen molar-refractivity contribution in [3.05, 3.63) is 38.7 Å². The SMILES string of the molecule is COc1cc(-n2nc(I)c3c2C[C@H](C)OCC3)ccc1C(F)(F)F. The van der Waals surface area contributed by atoms with Crippen LogP contribution in [0.2, 0.25) is 0 Å². The molecule has 0 radical (unpaired) electrons. The molecule has 0 amide bonds. The van der Waals surface area contributed by atoms with Crippen LogP contribution in [0.5, 0.6) is 5.75 Å². The maximum absolute atomic E-state index is 13.0. The first-order valence-electron chi connectivity index (χ1n) is 7.44. The van der Waals surface area contributed by atoms with Crippen LogP contribution in [0.15, 0.2) is 18.2 Å². The number of hydrogen-bond acceptors (Lipinski definition) is 3. The van der Waals surface area contributed by atoms with Crippen molar-refractivity contribution in [1.82, 2.24) is 9.78 Å². The number of rotatable bonds is 2. The summed E-state index contributed by atoms with van der Waals surface area (Å²) in [5, 5.41) is 4.52. The summed E-state index contributed by atoms with van der Waals surface area (Å²) < 4.78 is 52.3. The Morgan fingerprint density at radius 2 is 2.12 bits per heavy atom. The Kier molecular flexibility index (Phi) is 4.78. The smallest absolute Gasteiger partial charge is 0.419 e. The summed E-state index contributed by atoms with van der Waals surface area (Å²) in [5.74, 6) is -0.211. The van der Waals surface area contributed by atoms with E-state index in [1.807, 2.05) is 6.92 Å². The second-order valence-electron chi connectivity index (χ2n) is 5.65. The highest BCUT2D eigenvalue weighted by atomic mass is 127. The van der Waals surface area contributed by atoms with Crippen LogP contribution in [-0.4, -0.2) is 29.6 Å². The van der Waals surface area contributed by atoms with Crippen molar-refractivity contribution >= 4 is 22.6 Å². The van der Waals surface area contributed by atoms with Crippen molar-refractivity contribution in [2.75, 3.05) is 13.7 Å². The van der Waals surface area contributed by atoms with Gasteiger partial charge in [-0.2, -0.15) is 18.3 Å². The Labute approximate surface area is 151 Å². The Morgan fingerprint density at radius 3 is 2.79 bits per heavy atom. The number of halogens is 4. The summed E-state index contributed by atoms with van der Waals surface area (Å²) in [5.41, 5.74) is 1.83. The van der Waals surface area contributed by atoms with Gasteiger partial charge in [-0.25, -0.2) is 4.68 Å². The second kappa shape index (κ2) is 6.55. The molecular weight excluding hydrogens is 436 g/mol. The monoisotopic (exact) mass is 452 g/mol. The number of nitrogens with zero attached hydrogens (tertiary/aromatic N) is 2. The number of benzene rings is 1. The van der Waals surface area contributed by atoms with Crippen LogP contribution in [0.3, 0.4) is 0 Å². The fourth-order valence-electron chi connectivity index (χ4n) is 2.87. The van der Waals surface area contributed by atoms with Crippen LogP contribution < -0.4 is 4.74 Å². The highest BCUT2D eigenvalue weighted by Gasteiger charge is 2.34. The molecule has 1 aromatic carbocycles. The lowest BCUT2D eigenvalue weighted by molar-refractivity contribution is -0.138. The summed E-state index contributed by atoms with van der Waals surface area (Å²) in [6, 6.07) is 3.83. The summed E-state index contributed by atoms with van der Waals surface area (Å²) in [4.78, 5) is 0. The summed E-state index contributed by atoms with van der Waals surface area (Å²) in [6.45, 7) is 2.60. The van der Waals surface area contributed by atoms with Crippen LogP contribution in [-0.2, 0) is 23.8 Å². The van der Waals surface area contributed by atoms with Crippen molar-refractivity contribution in [2.45, 2.75) is 32.0 Å². The molecule has 4 nitrogen and oxygen atoms in total. The molecule has 3 rings (SSSR count). The molecule has 0 unspecified atom stereocenters. The molecule has 0 bridgehead atoms. The van der Waals surface area contributed by atoms with E-state index in [2.05, 4.69) is 27.7 Å². The number of ether oxygens (including phenoxy) is 2. The van der Waals surface area contributed by atoms with E-state index >= 15 is 0 Å². The predicted molar refractivity (Wildman–Crippen MR) is 90.7 cm³/mol. The predicted octanol–water partition coefficient (Wildman–Crippen LogP) is 4.01. The highest BCUT2D eigenvalue weighted by Crippen LogP contribution is 2.37. The lowest BCUT2D eigenvalue weighted by Crippen LogP contribution is -2.14. The molecule has 1 atom stereocenters. The summed E-state index contributed by atoms with van der Waals surface area (Å²) in [7, 11) is 1.23. The van der Waals surface area contributed by atoms with Crippen molar-refractivity contribution in [3.63, 3.8) is 0 Å². The quantitative estimate of drug-likeness (QED) is 0.647. The van der Waals surface area contributed by atoms with Gasteiger partial charge in [0.05, 0.1) is 36.8 Å². The standard InChI is InChI=1S/C16H16F3IN2O2/c1-9-7-13-11(5-6-24-9)15(20)21-22(13)10-3-4-12(16(17,18)19)14(8-10)23-2/h3-4,8-9H,5-7H2,1-2H3/t9-/m0/s1. The van der Waals surface area contributed by atoms with Crippen LogP contribution in [0.25, 0.3) is 5.69 Å². The molecule has 0 spiro atoms. The van der Waals surface area contributed by atoms with Gasteiger partial charge < -0.3 is 9.47 Å². The van der Waals surface area contributed by atoms with Crippen LogP contribution in [0.4, 0.5) is 13.2 Å². The minimum atomic E-state index is -4.46. The minimum Gasteiger partial charge on any atom is -0.496 e. The Bertz CT molecular complexity index is 759. The first-order valence-corrected chi connectivity index (χ1v) is 8.52. The molecule has 130 valence electrons. The summed E-state index contributed by atoms with van der Waals surface area (Å²) in [6.07, 6.45) is -3.01. The van der Waals surface area contributed by atoms with Crippen LogP contribution in [0.1, 0.15) is 23.7 Å². The van der Waals surface area contributed by atoms with E-state index in [-0.39, 0.29) is 11.9 Å². The number of aromatic nitrogens is 2. The maximum atomic E-state index is 13.0. The molecule has 0 fully saturated rings. The minimum absolute atomic E-state index is 0.0360. The van der Waals surface area contributed by atoms with E-state index in [0.717, 1.165) is 27.4 Å². The normalized spacial score (nSPS) is 18.2. The Morgan fingerprint density at radius 1 is 1.38 bits per heavy atom.